The van der Waals surface area contributed by atoms with Gasteiger partial charge in [0.2, 0.25) is 0 Å². The van der Waals surface area contributed by atoms with Crippen molar-refractivity contribution in [3.63, 3.8) is 0 Å². The van der Waals surface area contributed by atoms with Crippen molar-refractivity contribution in [2.45, 2.75) is 0 Å². The van der Waals surface area contributed by atoms with E-state index in [0.29, 0.717) is 6.54 Å². The summed E-state index contributed by atoms with van der Waals surface area (Å²) in [6, 6.07) is 9.89. The second kappa shape index (κ2) is 4.77. The Balaban J connectivity index is 2.24. The van der Waals surface area contributed by atoms with Gasteiger partial charge in [0.25, 0.3) is 0 Å². The van der Waals surface area contributed by atoms with Gasteiger partial charge in [0, 0.05) is 12.1 Å². The molecule has 0 radical (unpaired) electrons. The van der Waals surface area contributed by atoms with Gasteiger partial charge in [0.1, 0.15) is 17.3 Å². The second-order valence-corrected chi connectivity index (χ2v) is 3.35. The largest absolute Gasteiger partial charge is 0.457 e. The Hall–Kier alpha value is -1.87. The maximum Gasteiger partial charge on any atom is 0.134 e. The monoisotopic (exact) mass is 217 g/mol. The van der Waals surface area contributed by atoms with E-state index in [4.69, 9.17) is 10.2 Å². The number of rotatable bonds is 3. The van der Waals surface area contributed by atoms with Crippen molar-refractivity contribution in [3.8, 4) is 11.3 Å². The highest BCUT2D eigenvalue weighted by atomic mass is 19.1. The van der Waals surface area contributed by atoms with Gasteiger partial charge in [0.15, 0.2) is 0 Å². The van der Waals surface area contributed by atoms with Gasteiger partial charge < -0.3 is 10.2 Å². The van der Waals surface area contributed by atoms with Crippen molar-refractivity contribution in [1.29, 1.82) is 0 Å². The van der Waals surface area contributed by atoms with E-state index in [9.17, 15) is 4.39 Å². The van der Waals surface area contributed by atoms with Crippen LogP contribution < -0.4 is 5.73 Å². The molecule has 2 nitrogen and oxygen atoms in total. The number of nitrogens with two attached hydrogens (primary N) is 1. The lowest BCUT2D eigenvalue weighted by atomic mass is 10.2. The van der Waals surface area contributed by atoms with Crippen LogP contribution in [0, 0.1) is 5.82 Å². The Kier molecular flexibility index (Phi) is 3.17. The molecule has 82 valence electrons. The molecule has 0 unspecified atom stereocenters. The minimum absolute atomic E-state index is 0.251. The van der Waals surface area contributed by atoms with Crippen LogP contribution in [0.25, 0.3) is 17.4 Å². The van der Waals surface area contributed by atoms with Crippen molar-refractivity contribution >= 4 is 6.08 Å². The molecule has 0 aliphatic carbocycles. The Bertz CT molecular complexity index is 485. The highest BCUT2D eigenvalue weighted by molar-refractivity contribution is 5.59. The van der Waals surface area contributed by atoms with Crippen molar-refractivity contribution < 1.29 is 8.81 Å². The lowest BCUT2D eigenvalue weighted by molar-refractivity contribution is 0.571. The summed E-state index contributed by atoms with van der Waals surface area (Å²) in [6.45, 7) is 0.479. The highest BCUT2D eigenvalue weighted by Gasteiger charge is 2.02. The molecule has 16 heavy (non-hydrogen) atoms. The lowest BCUT2D eigenvalue weighted by Crippen LogP contribution is -1.91. The summed E-state index contributed by atoms with van der Waals surface area (Å²) in [7, 11) is 0. The van der Waals surface area contributed by atoms with E-state index < -0.39 is 0 Å². The molecule has 2 aromatic rings. The first-order chi connectivity index (χ1) is 7.79. The van der Waals surface area contributed by atoms with Gasteiger partial charge >= 0.3 is 0 Å². The fourth-order valence-electron chi connectivity index (χ4n) is 1.40. The first kappa shape index (κ1) is 10.6. The average molecular weight is 217 g/mol. The van der Waals surface area contributed by atoms with Gasteiger partial charge in [0.05, 0.1) is 0 Å². The Morgan fingerprint density at radius 1 is 1.12 bits per heavy atom. The number of benzene rings is 1. The molecule has 1 heterocycles. The van der Waals surface area contributed by atoms with E-state index >= 15 is 0 Å². The third-order valence-corrected chi connectivity index (χ3v) is 2.17. The molecule has 0 saturated heterocycles. The van der Waals surface area contributed by atoms with Crippen LogP contribution in [-0.4, -0.2) is 6.54 Å². The molecule has 0 atom stereocenters. The summed E-state index contributed by atoms with van der Waals surface area (Å²) in [5.74, 6) is 1.21. The van der Waals surface area contributed by atoms with Crippen LogP contribution in [0.1, 0.15) is 5.76 Å². The molecule has 1 aromatic carbocycles. The van der Waals surface area contributed by atoms with E-state index in [1.54, 1.807) is 12.1 Å². The third-order valence-electron chi connectivity index (χ3n) is 2.17. The van der Waals surface area contributed by atoms with Gasteiger partial charge in [-0.15, -0.1) is 0 Å². The fourth-order valence-corrected chi connectivity index (χ4v) is 1.40. The minimum atomic E-state index is -0.251. The zero-order valence-corrected chi connectivity index (χ0v) is 8.69. The summed E-state index contributed by atoms with van der Waals surface area (Å²) < 4.78 is 18.3. The Morgan fingerprint density at radius 2 is 1.88 bits per heavy atom. The average Bonchev–Trinajstić information content (AvgIpc) is 2.76. The number of hydrogen-bond acceptors (Lipinski definition) is 2. The Morgan fingerprint density at radius 3 is 2.56 bits per heavy atom. The van der Waals surface area contributed by atoms with Crippen LogP contribution in [0.15, 0.2) is 46.9 Å². The van der Waals surface area contributed by atoms with Gasteiger partial charge in [-0.2, -0.15) is 0 Å². The number of furan rings is 1. The number of hydrogen-bond donors (Lipinski definition) is 1. The minimum Gasteiger partial charge on any atom is -0.457 e. The summed E-state index contributed by atoms with van der Waals surface area (Å²) in [4.78, 5) is 0. The summed E-state index contributed by atoms with van der Waals surface area (Å²) in [6.07, 6.45) is 3.63. The zero-order valence-electron chi connectivity index (χ0n) is 8.69. The van der Waals surface area contributed by atoms with Gasteiger partial charge in [-0.05, 0) is 42.5 Å². The first-order valence-corrected chi connectivity index (χ1v) is 5.02. The topological polar surface area (TPSA) is 39.2 Å². The quantitative estimate of drug-likeness (QED) is 0.858. The highest BCUT2D eigenvalue weighted by Crippen LogP contribution is 2.22. The van der Waals surface area contributed by atoms with Crippen LogP contribution in [0.3, 0.4) is 0 Å². The van der Waals surface area contributed by atoms with Crippen LogP contribution in [-0.2, 0) is 0 Å². The van der Waals surface area contributed by atoms with Crippen molar-refractivity contribution in [1.82, 2.24) is 0 Å². The molecule has 0 bridgehead atoms. The maximum absolute atomic E-state index is 12.7. The van der Waals surface area contributed by atoms with Gasteiger partial charge in [-0.1, -0.05) is 6.08 Å². The predicted molar refractivity (Wildman–Crippen MR) is 62.2 cm³/mol. The van der Waals surface area contributed by atoms with Crippen LogP contribution in [0.4, 0.5) is 4.39 Å². The second-order valence-electron chi connectivity index (χ2n) is 3.35. The molecule has 1 aromatic heterocycles. The van der Waals surface area contributed by atoms with Crippen molar-refractivity contribution in [2.24, 2.45) is 5.73 Å². The molecule has 0 saturated carbocycles. The third kappa shape index (κ3) is 2.38. The van der Waals surface area contributed by atoms with E-state index in [2.05, 4.69) is 0 Å². The van der Waals surface area contributed by atoms with Crippen molar-refractivity contribution in [2.75, 3.05) is 6.54 Å². The predicted octanol–water partition coefficient (Wildman–Crippen LogP) is 3.06. The molecule has 0 spiro atoms. The lowest BCUT2D eigenvalue weighted by Gasteiger charge is -1.95. The van der Waals surface area contributed by atoms with Crippen molar-refractivity contribution in [3.05, 3.63) is 54.1 Å². The van der Waals surface area contributed by atoms with Crippen LogP contribution in [0.2, 0.25) is 0 Å². The van der Waals surface area contributed by atoms with Crippen LogP contribution >= 0.6 is 0 Å². The molecule has 0 aliphatic heterocycles. The normalized spacial score (nSPS) is 11.1. The first-order valence-electron chi connectivity index (χ1n) is 5.02. The molecular weight excluding hydrogens is 205 g/mol. The molecule has 0 amide bonds. The van der Waals surface area contributed by atoms with E-state index in [1.165, 1.54) is 12.1 Å². The smallest absolute Gasteiger partial charge is 0.134 e. The molecule has 2 N–H and O–H groups in total. The van der Waals surface area contributed by atoms with E-state index in [1.807, 2.05) is 24.3 Å². The molecule has 3 heteroatoms. The summed E-state index contributed by atoms with van der Waals surface area (Å²) in [5.41, 5.74) is 6.20. The molecule has 2 rings (SSSR count). The fraction of sp³-hybridized carbons (Fsp3) is 0.0769. The van der Waals surface area contributed by atoms with Crippen LogP contribution in [0.5, 0.6) is 0 Å². The van der Waals surface area contributed by atoms with Gasteiger partial charge in [-0.25, -0.2) is 4.39 Å². The Labute approximate surface area is 93.2 Å². The molecule has 0 fully saturated rings. The van der Waals surface area contributed by atoms with Gasteiger partial charge in [-0.3, -0.25) is 0 Å². The maximum atomic E-state index is 12.7. The molecule has 0 aliphatic rings. The standard InChI is InChI=1S/C13H12FNO/c14-11-5-3-10(4-6-11)13-8-7-12(16-13)2-1-9-15/h1-8H,9,15H2/b2-1+. The number of halogens is 1. The summed E-state index contributed by atoms with van der Waals surface area (Å²) >= 11 is 0. The van der Waals surface area contributed by atoms with E-state index in [0.717, 1.165) is 17.1 Å². The SMILES string of the molecule is NC/C=C/c1ccc(-c2ccc(F)cc2)o1. The summed E-state index contributed by atoms with van der Waals surface area (Å²) in [5, 5.41) is 0. The van der Waals surface area contributed by atoms with E-state index in [-0.39, 0.29) is 5.82 Å². The molecular formula is C13H12FNO. The zero-order chi connectivity index (χ0) is 11.4.